The zero-order valence-electron chi connectivity index (χ0n) is 16.1. The molecule has 1 aliphatic rings. The third-order valence-electron chi connectivity index (χ3n) is 4.66. The highest BCUT2D eigenvalue weighted by atomic mass is 16.2. The smallest absolute Gasteiger partial charge is 0.247 e. The van der Waals surface area contributed by atoms with Crippen LogP contribution in [-0.2, 0) is 4.79 Å². The van der Waals surface area contributed by atoms with Gasteiger partial charge in [0.15, 0.2) is 0 Å². The Balaban J connectivity index is 1.53. The molecule has 1 aliphatic heterocycles. The number of hydrogen-bond donors (Lipinski definition) is 1. The van der Waals surface area contributed by atoms with Crippen LogP contribution in [0, 0.1) is 6.92 Å². The van der Waals surface area contributed by atoms with Gasteiger partial charge in [0.1, 0.15) is 17.5 Å². The SMILES string of the molecule is Cc1nc(Nc2cnccn2)cc([C@H]2CCCN2C(=O)/C=C/c2cccnc2)n1. The molecule has 1 amide bonds. The van der Waals surface area contributed by atoms with Gasteiger partial charge in [-0.25, -0.2) is 15.0 Å². The van der Waals surface area contributed by atoms with Gasteiger partial charge in [0.2, 0.25) is 5.91 Å². The lowest BCUT2D eigenvalue weighted by Crippen LogP contribution is -2.29. The molecule has 1 N–H and O–H groups in total. The molecule has 3 aromatic rings. The molecule has 4 heterocycles. The largest absolute Gasteiger partial charge is 0.331 e. The number of carbonyl (C=O) groups is 1. The Morgan fingerprint density at radius 3 is 2.86 bits per heavy atom. The predicted molar refractivity (Wildman–Crippen MR) is 109 cm³/mol. The second kappa shape index (κ2) is 8.55. The molecule has 0 spiro atoms. The number of likely N-dealkylation sites (tertiary alicyclic amines) is 1. The van der Waals surface area contributed by atoms with Crippen molar-refractivity contribution in [1.82, 2.24) is 29.8 Å². The summed E-state index contributed by atoms with van der Waals surface area (Å²) in [6, 6.07) is 5.56. The van der Waals surface area contributed by atoms with Crippen LogP contribution in [0.1, 0.15) is 36.0 Å². The molecule has 8 heteroatoms. The third-order valence-corrected chi connectivity index (χ3v) is 4.66. The monoisotopic (exact) mass is 387 g/mol. The first kappa shape index (κ1) is 18.7. The van der Waals surface area contributed by atoms with Gasteiger partial charge in [-0.3, -0.25) is 14.8 Å². The van der Waals surface area contributed by atoms with Gasteiger partial charge in [-0.2, -0.15) is 0 Å². The van der Waals surface area contributed by atoms with Gasteiger partial charge in [0.05, 0.1) is 17.9 Å². The van der Waals surface area contributed by atoms with Crippen molar-refractivity contribution in [2.45, 2.75) is 25.8 Å². The van der Waals surface area contributed by atoms with Crippen molar-refractivity contribution in [1.29, 1.82) is 0 Å². The minimum atomic E-state index is -0.0786. The van der Waals surface area contributed by atoms with Gasteiger partial charge < -0.3 is 10.2 Å². The minimum Gasteiger partial charge on any atom is -0.331 e. The van der Waals surface area contributed by atoms with Crippen molar-refractivity contribution in [2.24, 2.45) is 0 Å². The average molecular weight is 387 g/mol. The number of hydrogen-bond acceptors (Lipinski definition) is 7. The number of rotatable bonds is 5. The summed E-state index contributed by atoms with van der Waals surface area (Å²) in [5.74, 6) is 1.85. The second-order valence-corrected chi connectivity index (χ2v) is 6.75. The van der Waals surface area contributed by atoms with E-state index in [0.29, 0.717) is 24.0 Å². The minimum absolute atomic E-state index is 0.0314. The van der Waals surface area contributed by atoms with E-state index >= 15 is 0 Å². The quantitative estimate of drug-likeness (QED) is 0.672. The number of amides is 1. The maximum Gasteiger partial charge on any atom is 0.247 e. The van der Waals surface area contributed by atoms with E-state index in [0.717, 1.165) is 24.1 Å². The van der Waals surface area contributed by atoms with Crippen LogP contribution in [0.3, 0.4) is 0 Å². The lowest BCUT2D eigenvalue weighted by atomic mass is 10.1. The second-order valence-electron chi connectivity index (χ2n) is 6.75. The number of aryl methyl sites for hydroxylation is 1. The molecule has 0 aromatic carbocycles. The zero-order valence-corrected chi connectivity index (χ0v) is 16.1. The first-order valence-corrected chi connectivity index (χ1v) is 9.46. The molecule has 0 bridgehead atoms. The van der Waals surface area contributed by atoms with Gasteiger partial charge in [0, 0.05) is 43.5 Å². The highest BCUT2D eigenvalue weighted by Gasteiger charge is 2.30. The number of nitrogens with one attached hydrogen (secondary N) is 1. The van der Waals surface area contributed by atoms with Gasteiger partial charge >= 0.3 is 0 Å². The summed E-state index contributed by atoms with van der Waals surface area (Å²) in [7, 11) is 0. The molecule has 146 valence electrons. The van der Waals surface area contributed by atoms with E-state index < -0.39 is 0 Å². The average Bonchev–Trinajstić information content (AvgIpc) is 3.23. The topological polar surface area (TPSA) is 96.8 Å². The van der Waals surface area contributed by atoms with Crippen molar-refractivity contribution in [2.75, 3.05) is 11.9 Å². The Kier molecular flexibility index (Phi) is 5.51. The number of carbonyl (C=O) groups excluding carboxylic acids is 1. The van der Waals surface area contributed by atoms with Crippen LogP contribution in [0.2, 0.25) is 0 Å². The third kappa shape index (κ3) is 4.60. The Hall–Kier alpha value is -3.68. The fourth-order valence-corrected chi connectivity index (χ4v) is 3.40. The lowest BCUT2D eigenvalue weighted by molar-refractivity contribution is -0.126. The van der Waals surface area contributed by atoms with Crippen LogP contribution in [-0.4, -0.2) is 42.3 Å². The van der Waals surface area contributed by atoms with Gasteiger partial charge in [-0.1, -0.05) is 6.07 Å². The Labute approximate surface area is 168 Å². The van der Waals surface area contributed by atoms with Crippen LogP contribution >= 0.6 is 0 Å². The molecule has 4 rings (SSSR count). The number of aromatic nitrogens is 5. The highest BCUT2D eigenvalue weighted by Crippen LogP contribution is 2.32. The molecule has 1 fully saturated rings. The van der Waals surface area contributed by atoms with E-state index in [-0.39, 0.29) is 11.9 Å². The van der Waals surface area contributed by atoms with E-state index in [1.54, 1.807) is 43.1 Å². The molecule has 8 nitrogen and oxygen atoms in total. The Morgan fingerprint density at radius 1 is 1.17 bits per heavy atom. The van der Waals surface area contributed by atoms with Gasteiger partial charge in [-0.15, -0.1) is 0 Å². The van der Waals surface area contributed by atoms with Crippen LogP contribution < -0.4 is 5.32 Å². The van der Waals surface area contributed by atoms with Crippen LogP contribution in [0.25, 0.3) is 6.08 Å². The first-order chi connectivity index (χ1) is 14.2. The lowest BCUT2D eigenvalue weighted by Gasteiger charge is -2.23. The van der Waals surface area contributed by atoms with Gasteiger partial charge in [-0.05, 0) is 37.5 Å². The van der Waals surface area contributed by atoms with E-state index in [4.69, 9.17) is 0 Å². The van der Waals surface area contributed by atoms with Crippen LogP contribution in [0.4, 0.5) is 11.6 Å². The molecule has 29 heavy (non-hydrogen) atoms. The Bertz CT molecular complexity index is 1010. The maximum absolute atomic E-state index is 12.8. The van der Waals surface area contributed by atoms with E-state index in [1.807, 2.05) is 30.0 Å². The van der Waals surface area contributed by atoms with Gasteiger partial charge in [0.25, 0.3) is 0 Å². The molecule has 3 aromatic heterocycles. The standard InChI is InChI=1S/C21H21N7O/c1-15-25-17(12-19(26-15)27-20-14-23-9-10-24-20)18-5-3-11-28(18)21(29)7-6-16-4-2-8-22-13-16/h2,4,6-10,12-14,18H,3,5,11H2,1H3,(H,24,25,26,27)/b7-6+/t18-/m1/s1. The first-order valence-electron chi connectivity index (χ1n) is 9.46. The number of nitrogens with zero attached hydrogens (tertiary/aromatic N) is 6. The summed E-state index contributed by atoms with van der Waals surface area (Å²) in [5, 5.41) is 3.15. The summed E-state index contributed by atoms with van der Waals surface area (Å²) in [6.07, 6.45) is 13.5. The molecule has 0 aliphatic carbocycles. The fraction of sp³-hybridized carbons (Fsp3) is 0.238. The molecule has 1 saturated heterocycles. The zero-order chi connectivity index (χ0) is 20.1. The maximum atomic E-state index is 12.8. The van der Waals surface area contributed by atoms with E-state index in [2.05, 4.69) is 30.2 Å². The predicted octanol–water partition coefficient (Wildman–Crippen LogP) is 3.09. The molecule has 1 atom stereocenters. The molecule has 0 unspecified atom stereocenters. The van der Waals surface area contributed by atoms with Crippen LogP contribution in [0.15, 0.2) is 55.3 Å². The summed E-state index contributed by atoms with van der Waals surface area (Å²) in [6.45, 7) is 2.55. The molecule has 0 saturated carbocycles. The summed E-state index contributed by atoms with van der Waals surface area (Å²) in [4.78, 5) is 36.0. The van der Waals surface area contributed by atoms with Crippen molar-refractivity contribution < 1.29 is 4.79 Å². The summed E-state index contributed by atoms with van der Waals surface area (Å²) >= 11 is 0. The van der Waals surface area contributed by atoms with Crippen molar-refractivity contribution in [3.05, 3.63) is 72.3 Å². The summed E-state index contributed by atoms with van der Waals surface area (Å²) in [5.41, 5.74) is 1.72. The van der Waals surface area contributed by atoms with Crippen molar-refractivity contribution in [3.8, 4) is 0 Å². The number of pyridine rings is 1. The molecule has 0 radical (unpaired) electrons. The molecular formula is C21H21N7O. The van der Waals surface area contributed by atoms with E-state index in [1.165, 1.54) is 0 Å². The van der Waals surface area contributed by atoms with Crippen molar-refractivity contribution >= 4 is 23.6 Å². The Morgan fingerprint density at radius 2 is 2.07 bits per heavy atom. The number of anilines is 2. The normalized spacial score (nSPS) is 16.3. The fourth-order valence-electron chi connectivity index (χ4n) is 3.40. The van der Waals surface area contributed by atoms with Crippen LogP contribution in [0.5, 0.6) is 0 Å². The summed E-state index contributed by atoms with van der Waals surface area (Å²) < 4.78 is 0. The molecular weight excluding hydrogens is 366 g/mol. The van der Waals surface area contributed by atoms with E-state index in [9.17, 15) is 4.79 Å². The van der Waals surface area contributed by atoms with Crippen molar-refractivity contribution in [3.63, 3.8) is 0 Å². The highest BCUT2D eigenvalue weighted by molar-refractivity contribution is 5.92.